The van der Waals surface area contributed by atoms with E-state index in [9.17, 15) is 4.79 Å². The fraction of sp³-hybridized carbons (Fsp3) is 0.625. The Hall–Kier alpha value is -2.26. The Bertz CT molecular complexity index is 786. The van der Waals surface area contributed by atoms with Crippen LogP contribution in [0.15, 0.2) is 6.20 Å². The third kappa shape index (κ3) is 3.05. The van der Waals surface area contributed by atoms with Crippen LogP contribution in [0.4, 0.5) is 5.82 Å². The maximum atomic E-state index is 12.7. The number of carbonyl (C=O) groups excluding carboxylic acids is 1. The van der Waals surface area contributed by atoms with Gasteiger partial charge in [-0.05, 0) is 6.92 Å². The first-order chi connectivity index (χ1) is 12.1. The highest BCUT2D eigenvalue weighted by Crippen LogP contribution is 2.25. The van der Waals surface area contributed by atoms with E-state index >= 15 is 0 Å². The Labute approximate surface area is 145 Å². The number of nitrogens with zero attached hydrogens (tertiary/aromatic N) is 6. The second-order valence-corrected chi connectivity index (χ2v) is 6.34. The molecule has 2 fully saturated rings. The number of aromatic nitrogens is 4. The van der Waals surface area contributed by atoms with Gasteiger partial charge in [0.25, 0.3) is 5.91 Å². The normalized spacial score (nSPS) is 21.8. The number of fused-ring (bicyclic) bond motifs is 1. The van der Waals surface area contributed by atoms with Gasteiger partial charge < -0.3 is 19.3 Å². The molecule has 4 heterocycles. The molecule has 25 heavy (non-hydrogen) atoms. The predicted octanol–water partition coefficient (Wildman–Crippen LogP) is -0.264. The third-order valence-corrected chi connectivity index (χ3v) is 4.65. The summed E-state index contributed by atoms with van der Waals surface area (Å²) in [5, 5.41) is 5.18. The van der Waals surface area contributed by atoms with Gasteiger partial charge in [-0.25, -0.2) is 9.97 Å². The van der Waals surface area contributed by atoms with E-state index in [2.05, 4.69) is 20.0 Å². The van der Waals surface area contributed by atoms with Gasteiger partial charge >= 0.3 is 0 Å². The number of amides is 1. The lowest BCUT2D eigenvalue weighted by Gasteiger charge is -2.36. The number of rotatable bonds is 2. The molecule has 1 amide bonds. The first-order valence-electron chi connectivity index (χ1n) is 8.53. The van der Waals surface area contributed by atoms with Gasteiger partial charge in [0.2, 0.25) is 0 Å². The molecule has 2 saturated heterocycles. The summed E-state index contributed by atoms with van der Waals surface area (Å²) in [4.78, 5) is 25.7. The van der Waals surface area contributed by atoms with Crippen molar-refractivity contribution in [1.29, 1.82) is 0 Å². The van der Waals surface area contributed by atoms with Crippen molar-refractivity contribution in [3.8, 4) is 0 Å². The molecule has 0 bridgehead atoms. The van der Waals surface area contributed by atoms with Crippen LogP contribution in [0.1, 0.15) is 5.82 Å². The monoisotopic (exact) mass is 346 g/mol. The summed E-state index contributed by atoms with van der Waals surface area (Å²) in [5.41, 5.74) is 0.796. The maximum absolute atomic E-state index is 12.7. The summed E-state index contributed by atoms with van der Waals surface area (Å²) in [7, 11) is 1.86. The molecule has 2 aliphatic rings. The average molecular weight is 346 g/mol. The molecule has 1 unspecified atom stereocenters. The molecule has 0 saturated carbocycles. The topological polar surface area (TPSA) is 85.6 Å². The molecule has 2 aromatic rings. The summed E-state index contributed by atoms with van der Waals surface area (Å²) < 4.78 is 12.8. The van der Waals surface area contributed by atoms with Crippen LogP contribution in [-0.4, -0.2) is 82.7 Å². The molecule has 0 aromatic carbocycles. The largest absolute Gasteiger partial charge is 0.378 e. The summed E-state index contributed by atoms with van der Waals surface area (Å²) in [6.07, 6.45) is 1.30. The molecule has 9 nitrogen and oxygen atoms in total. The molecule has 0 N–H and O–H groups in total. The number of morpholine rings is 2. The smallest absolute Gasteiger partial charge is 0.253 e. The highest BCUT2D eigenvalue weighted by Gasteiger charge is 2.32. The Morgan fingerprint density at radius 1 is 1.20 bits per heavy atom. The van der Waals surface area contributed by atoms with E-state index in [1.165, 1.54) is 0 Å². The zero-order valence-corrected chi connectivity index (χ0v) is 14.5. The van der Waals surface area contributed by atoms with E-state index in [0.29, 0.717) is 51.8 Å². The summed E-state index contributed by atoms with van der Waals surface area (Å²) in [6, 6.07) is 0. The van der Waals surface area contributed by atoms with Gasteiger partial charge in [0.1, 0.15) is 11.6 Å². The van der Waals surface area contributed by atoms with Crippen LogP contribution in [0.3, 0.4) is 0 Å². The lowest BCUT2D eigenvalue weighted by Crippen LogP contribution is -2.53. The number of carbonyl (C=O) groups is 1. The second-order valence-electron chi connectivity index (χ2n) is 6.34. The minimum absolute atomic E-state index is 0.0289. The molecule has 0 spiro atoms. The molecule has 9 heteroatoms. The van der Waals surface area contributed by atoms with Crippen LogP contribution in [0.5, 0.6) is 0 Å². The van der Waals surface area contributed by atoms with Crippen LogP contribution in [0, 0.1) is 6.92 Å². The number of anilines is 1. The summed E-state index contributed by atoms with van der Waals surface area (Å²) in [6.45, 7) is 5.95. The van der Waals surface area contributed by atoms with Crippen molar-refractivity contribution in [2.45, 2.75) is 13.0 Å². The van der Waals surface area contributed by atoms with Crippen molar-refractivity contribution >= 4 is 22.8 Å². The Morgan fingerprint density at radius 2 is 2.00 bits per heavy atom. The van der Waals surface area contributed by atoms with Gasteiger partial charge in [-0.2, -0.15) is 5.10 Å². The highest BCUT2D eigenvalue weighted by atomic mass is 16.5. The molecule has 2 aromatic heterocycles. The number of aryl methyl sites for hydroxylation is 2. The van der Waals surface area contributed by atoms with E-state index in [1.54, 1.807) is 10.9 Å². The standard InChI is InChI=1S/C16H22N6O3/c1-11-18-14-12(9-17-20(14)2)15(19-11)22-5-8-25-13(10-22)16(23)21-3-6-24-7-4-21/h9,13H,3-8,10H2,1-2H3. The zero-order valence-electron chi connectivity index (χ0n) is 14.5. The molecule has 0 aliphatic carbocycles. The molecule has 0 radical (unpaired) electrons. The second kappa shape index (κ2) is 6.57. The zero-order chi connectivity index (χ0) is 17.4. The maximum Gasteiger partial charge on any atom is 0.253 e. The van der Waals surface area contributed by atoms with Crippen molar-refractivity contribution in [2.24, 2.45) is 7.05 Å². The fourth-order valence-electron chi connectivity index (χ4n) is 3.33. The molecule has 2 aliphatic heterocycles. The van der Waals surface area contributed by atoms with Crippen LogP contribution in [0.25, 0.3) is 11.0 Å². The predicted molar refractivity (Wildman–Crippen MR) is 90.4 cm³/mol. The third-order valence-electron chi connectivity index (χ3n) is 4.65. The summed E-state index contributed by atoms with van der Waals surface area (Å²) in [5.74, 6) is 1.54. The minimum Gasteiger partial charge on any atom is -0.378 e. The van der Waals surface area contributed by atoms with Crippen LogP contribution in [0.2, 0.25) is 0 Å². The summed E-state index contributed by atoms with van der Waals surface area (Å²) >= 11 is 0. The van der Waals surface area contributed by atoms with Crippen molar-refractivity contribution in [3.63, 3.8) is 0 Å². The first kappa shape index (κ1) is 16.2. The SMILES string of the molecule is Cc1nc(N2CCOC(C(=O)N3CCOCC3)C2)c2cnn(C)c2n1. The Kier molecular flexibility index (Phi) is 4.26. The van der Waals surface area contributed by atoms with Gasteiger partial charge in [-0.1, -0.05) is 0 Å². The molecule has 4 rings (SSSR count). The Morgan fingerprint density at radius 3 is 2.80 bits per heavy atom. The van der Waals surface area contributed by atoms with E-state index in [1.807, 2.05) is 18.9 Å². The van der Waals surface area contributed by atoms with Gasteiger partial charge in [0.15, 0.2) is 11.8 Å². The van der Waals surface area contributed by atoms with E-state index in [4.69, 9.17) is 9.47 Å². The van der Waals surface area contributed by atoms with Crippen LogP contribution >= 0.6 is 0 Å². The van der Waals surface area contributed by atoms with Crippen LogP contribution < -0.4 is 4.90 Å². The minimum atomic E-state index is -0.478. The quantitative estimate of drug-likeness (QED) is 0.740. The van der Waals surface area contributed by atoms with Gasteiger partial charge in [-0.3, -0.25) is 9.48 Å². The number of ether oxygens (including phenoxy) is 2. The number of hydrogen-bond donors (Lipinski definition) is 0. The van der Waals surface area contributed by atoms with Crippen molar-refractivity contribution in [3.05, 3.63) is 12.0 Å². The van der Waals surface area contributed by atoms with Crippen molar-refractivity contribution in [1.82, 2.24) is 24.6 Å². The van der Waals surface area contributed by atoms with Gasteiger partial charge in [-0.15, -0.1) is 0 Å². The highest BCUT2D eigenvalue weighted by molar-refractivity contribution is 5.88. The Balaban J connectivity index is 1.58. The lowest BCUT2D eigenvalue weighted by molar-refractivity contribution is -0.148. The lowest BCUT2D eigenvalue weighted by atomic mass is 10.2. The molecule has 134 valence electrons. The van der Waals surface area contributed by atoms with Crippen molar-refractivity contribution in [2.75, 3.05) is 50.9 Å². The van der Waals surface area contributed by atoms with Gasteiger partial charge in [0.05, 0.1) is 37.9 Å². The van der Waals surface area contributed by atoms with Gasteiger partial charge in [0, 0.05) is 26.7 Å². The first-order valence-corrected chi connectivity index (χ1v) is 8.53. The van der Waals surface area contributed by atoms with Crippen molar-refractivity contribution < 1.29 is 14.3 Å². The average Bonchev–Trinajstić information content (AvgIpc) is 3.02. The van der Waals surface area contributed by atoms with E-state index in [-0.39, 0.29) is 5.91 Å². The molecule has 1 atom stereocenters. The van der Waals surface area contributed by atoms with E-state index in [0.717, 1.165) is 16.9 Å². The van der Waals surface area contributed by atoms with Crippen LogP contribution in [-0.2, 0) is 21.3 Å². The van der Waals surface area contributed by atoms with E-state index < -0.39 is 6.10 Å². The fourth-order valence-corrected chi connectivity index (χ4v) is 3.33. The molecular formula is C16H22N6O3. The molecular weight excluding hydrogens is 324 g/mol. The number of hydrogen-bond acceptors (Lipinski definition) is 7.